The van der Waals surface area contributed by atoms with E-state index in [2.05, 4.69) is 45.4 Å². The molecule has 0 spiro atoms. The average Bonchev–Trinajstić information content (AvgIpc) is 2.49. The summed E-state index contributed by atoms with van der Waals surface area (Å²) in [5.41, 5.74) is 3.24. The second-order valence-corrected chi connectivity index (χ2v) is 6.07. The average molecular weight is 378 g/mol. The zero-order chi connectivity index (χ0) is 13.9. The Bertz CT molecular complexity index is 642. The molecule has 4 heteroatoms. The number of rotatable bonds is 2. The minimum Gasteiger partial charge on any atom is -0.384 e. The molecule has 3 rings (SSSR count). The lowest BCUT2D eigenvalue weighted by atomic mass is 9.93. The van der Waals surface area contributed by atoms with Gasteiger partial charge in [-0.2, -0.15) is 0 Å². The number of para-hydroxylation sites is 2. The summed E-state index contributed by atoms with van der Waals surface area (Å²) in [7, 11) is 0. The maximum atomic E-state index is 12.4. The van der Waals surface area contributed by atoms with Crippen LogP contribution >= 0.6 is 22.6 Å². The Morgan fingerprint density at radius 2 is 1.90 bits per heavy atom. The first-order valence-corrected chi connectivity index (χ1v) is 7.69. The summed E-state index contributed by atoms with van der Waals surface area (Å²) in [6.45, 7) is 0.687. The van der Waals surface area contributed by atoms with Crippen LogP contribution in [0.4, 0.5) is 11.4 Å². The van der Waals surface area contributed by atoms with Gasteiger partial charge >= 0.3 is 0 Å². The molecule has 0 bridgehead atoms. The van der Waals surface area contributed by atoms with Gasteiger partial charge in [0.25, 0.3) is 0 Å². The number of hydrogen-bond acceptors (Lipinski definition) is 2. The largest absolute Gasteiger partial charge is 0.384 e. The van der Waals surface area contributed by atoms with Crippen LogP contribution < -0.4 is 10.6 Å². The third-order valence-electron chi connectivity index (χ3n) is 3.53. The number of nitrogens with one attached hydrogen (secondary N) is 2. The molecule has 0 saturated carbocycles. The molecule has 1 aliphatic rings. The van der Waals surface area contributed by atoms with Gasteiger partial charge in [0.15, 0.2) is 0 Å². The van der Waals surface area contributed by atoms with Crippen LogP contribution in [-0.2, 0) is 11.2 Å². The number of carbonyl (C=O) groups is 1. The summed E-state index contributed by atoms with van der Waals surface area (Å²) in [5.74, 6) is 0.0528. The fourth-order valence-electron chi connectivity index (χ4n) is 2.42. The number of halogens is 1. The van der Waals surface area contributed by atoms with Crippen LogP contribution in [0.5, 0.6) is 0 Å². The Morgan fingerprint density at radius 3 is 2.75 bits per heavy atom. The second kappa shape index (κ2) is 5.83. The van der Waals surface area contributed by atoms with Crippen LogP contribution in [0.3, 0.4) is 0 Å². The lowest BCUT2D eigenvalue weighted by Crippen LogP contribution is -2.33. The summed E-state index contributed by atoms with van der Waals surface area (Å²) >= 11 is 2.23. The van der Waals surface area contributed by atoms with E-state index in [0.717, 1.165) is 21.4 Å². The fourth-order valence-corrected chi connectivity index (χ4v) is 2.95. The molecule has 1 unspecified atom stereocenters. The molecule has 102 valence electrons. The Kier molecular flexibility index (Phi) is 3.91. The van der Waals surface area contributed by atoms with E-state index < -0.39 is 0 Å². The SMILES string of the molecule is O=C(Nc1ccccc1I)C1CNc2ccccc2C1. The third-order valence-corrected chi connectivity index (χ3v) is 4.47. The van der Waals surface area contributed by atoms with Gasteiger partial charge in [-0.1, -0.05) is 30.3 Å². The maximum absolute atomic E-state index is 12.4. The van der Waals surface area contributed by atoms with Gasteiger partial charge in [0.05, 0.1) is 11.6 Å². The van der Waals surface area contributed by atoms with Gasteiger partial charge in [0.2, 0.25) is 5.91 Å². The molecular weight excluding hydrogens is 363 g/mol. The van der Waals surface area contributed by atoms with E-state index in [9.17, 15) is 4.79 Å². The van der Waals surface area contributed by atoms with E-state index in [-0.39, 0.29) is 11.8 Å². The second-order valence-electron chi connectivity index (χ2n) is 4.91. The molecule has 0 fully saturated rings. The molecule has 2 N–H and O–H groups in total. The lowest BCUT2D eigenvalue weighted by Gasteiger charge is -2.25. The molecule has 2 aromatic carbocycles. The van der Waals surface area contributed by atoms with Crippen LogP contribution in [0.15, 0.2) is 48.5 Å². The summed E-state index contributed by atoms with van der Waals surface area (Å²) < 4.78 is 1.06. The molecule has 0 aromatic heterocycles. The minimum absolute atomic E-state index is 0.0269. The number of fused-ring (bicyclic) bond motifs is 1. The smallest absolute Gasteiger partial charge is 0.229 e. The molecule has 1 aliphatic heterocycles. The van der Waals surface area contributed by atoms with Crippen molar-refractivity contribution in [1.82, 2.24) is 0 Å². The van der Waals surface area contributed by atoms with Gasteiger partial charge in [-0.05, 0) is 52.8 Å². The van der Waals surface area contributed by atoms with Gasteiger partial charge in [0, 0.05) is 15.8 Å². The number of hydrogen-bond donors (Lipinski definition) is 2. The van der Waals surface area contributed by atoms with Crippen molar-refractivity contribution in [3.05, 3.63) is 57.7 Å². The van der Waals surface area contributed by atoms with Gasteiger partial charge in [-0.25, -0.2) is 0 Å². The van der Waals surface area contributed by atoms with E-state index >= 15 is 0 Å². The van der Waals surface area contributed by atoms with Crippen molar-refractivity contribution in [2.75, 3.05) is 17.2 Å². The molecule has 1 heterocycles. The van der Waals surface area contributed by atoms with Gasteiger partial charge in [-0.3, -0.25) is 4.79 Å². The maximum Gasteiger partial charge on any atom is 0.229 e. The van der Waals surface area contributed by atoms with Gasteiger partial charge in [0.1, 0.15) is 0 Å². The van der Waals surface area contributed by atoms with E-state index in [1.807, 2.05) is 36.4 Å². The van der Waals surface area contributed by atoms with Crippen molar-refractivity contribution >= 4 is 39.9 Å². The fraction of sp³-hybridized carbons (Fsp3) is 0.188. The van der Waals surface area contributed by atoms with Crippen molar-refractivity contribution in [2.24, 2.45) is 5.92 Å². The zero-order valence-electron chi connectivity index (χ0n) is 10.9. The molecular formula is C16H15IN2O. The summed E-state index contributed by atoms with van der Waals surface area (Å²) in [6, 6.07) is 16.0. The highest BCUT2D eigenvalue weighted by atomic mass is 127. The Labute approximate surface area is 131 Å². The van der Waals surface area contributed by atoms with Crippen LogP contribution in [-0.4, -0.2) is 12.5 Å². The quantitative estimate of drug-likeness (QED) is 0.786. The van der Waals surface area contributed by atoms with Crippen molar-refractivity contribution < 1.29 is 4.79 Å². The predicted octanol–water partition coefficient (Wildman–Crippen LogP) is 3.51. The standard InChI is InChI=1S/C16H15IN2O/c17-13-6-2-4-8-15(13)19-16(20)12-9-11-5-1-3-7-14(11)18-10-12/h1-8,12,18H,9-10H2,(H,19,20). The van der Waals surface area contributed by atoms with Gasteiger partial charge < -0.3 is 10.6 Å². The predicted molar refractivity (Wildman–Crippen MR) is 89.9 cm³/mol. The topological polar surface area (TPSA) is 41.1 Å². The molecule has 1 amide bonds. The van der Waals surface area contributed by atoms with E-state index in [0.29, 0.717) is 6.54 Å². The van der Waals surface area contributed by atoms with Crippen LogP contribution in [0.25, 0.3) is 0 Å². The monoisotopic (exact) mass is 378 g/mol. The molecule has 0 aliphatic carbocycles. The minimum atomic E-state index is -0.0269. The Morgan fingerprint density at radius 1 is 1.15 bits per heavy atom. The van der Waals surface area contributed by atoms with E-state index in [4.69, 9.17) is 0 Å². The number of amides is 1. The molecule has 1 atom stereocenters. The zero-order valence-corrected chi connectivity index (χ0v) is 13.1. The van der Waals surface area contributed by atoms with Gasteiger partial charge in [-0.15, -0.1) is 0 Å². The van der Waals surface area contributed by atoms with Crippen molar-refractivity contribution in [2.45, 2.75) is 6.42 Å². The normalized spacial score (nSPS) is 16.9. The Balaban J connectivity index is 1.72. The van der Waals surface area contributed by atoms with Crippen molar-refractivity contribution in [1.29, 1.82) is 0 Å². The highest BCUT2D eigenvalue weighted by Crippen LogP contribution is 2.25. The van der Waals surface area contributed by atoms with E-state index in [1.54, 1.807) is 0 Å². The van der Waals surface area contributed by atoms with Crippen LogP contribution in [0.1, 0.15) is 5.56 Å². The molecule has 0 radical (unpaired) electrons. The highest BCUT2D eigenvalue weighted by Gasteiger charge is 2.24. The molecule has 20 heavy (non-hydrogen) atoms. The molecule has 0 saturated heterocycles. The number of benzene rings is 2. The van der Waals surface area contributed by atoms with Crippen molar-refractivity contribution in [3.8, 4) is 0 Å². The summed E-state index contributed by atoms with van der Waals surface area (Å²) in [4.78, 5) is 12.4. The Hall–Kier alpha value is -1.56. The number of carbonyl (C=O) groups excluding carboxylic acids is 1. The van der Waals surface area contributed by atoms with Crippen LogP contribution in [0.2, 0.25) is 0 Å². The first-order chi connectivity index (χ1) is 9.74. The first-order valence-electron chi connectivity index (χ1n) is 6.61. The summed E-state index contributed by atoms with van der Waals surface area (Å²) in [5, 5.41) is 6.36. The van der Waals surface area contributed by atoms with E-state index in [1.165, 1.54) is 5.56 Å². The molecule has 2 aromatic rings. The van der Waals surface area contributed by atoms with Crippen molar-refractivity contribution in [3.63, 3.8) is 0 Å². The first kappa shape index (κ1) is 13.4. The van der Waals surface area contributed by atoms with Crippen LogP contribution in [0, 0.1) is 9.49 Å². The lowest BCUT2D eigenvalue weighted by molar-refractivity contribution is -0.119. The number of anilines is 2. The third kappa shape index (κ3) is 2.80. The summed E-state index contributed by atoms with van der Waals surface area (Å²) in [6.07, 6.45) is 0.790. The molecule has 3 nitrogen and oxygen atoms in total. The highest BCUT2D eigenvalue weighted by molar-refractivity contribution is 14.1.